The van der Waals surface area contributed by atoms with E-state index in [9.17, 15) is 28.0 Å². The monoisotopic (exact) mass is 285 g/mol. The quantitative estimate of drug-likeness (QED) is 0.407. The second kappa shape index (κ2) is 7.32. The highest BCUT2D eigenvalue weighted by Crippen LogP contribution is 2.28. The first kappa shape index (κ1) is 17.7. The minimum atomic E-state index is -4.47. The molecule has 0 saturated carbocycles. The fourth-order valence-corrected chi connectivity index (χ4v) is 1.84. The summed E-state index contributed by atoms with van der Waals surface area (Å²) in [4.78, 5) is 21.6. The van der Waals surface area contributed by atoms with Crippen LogP contribution in [0.25, 0.3) is 0 Å². The van der Waals surface area contributed by atoms with Crippen molar-refractivity contribution in [2.24, 2.45) is 11.8 Å². The Labute approximate surface area is 109 Å². The fraction of sp³-hybridized carbons (Fsp3) is 0.818. The van der Waals surface area contributed by atoms with Crippen LogP contribution >= 0.6 is 0 Å². The number of aliphatic carboxylic acids is 1. The standard InChI is InChI=1S/C11H18F3NO4/c1-7(2)5-8(10(17)18)9(15(19)6-16)3-4-11(12,13)14/h6-9,19H,3-5H2,1-2H3,(H,17,18)/t8-,9?/m0/s1. The van der Waals surface area contributed by atoms with Crippen molar-refractivity contribution in [3.8, 4) is 0 Å². The summed E-state index contributed by atoms with van der Waals surface area (Å²) in [7, 11) is 0. The molecule has 0 radical (unpaired) electrons. The minimum absolute atomic E-state index is 0.0207. The average molecular weight is 285 g/mol. The lowest BCUT2D eigenvalue weighted by Crippen LogP contribution is -2.42. The first-order valence-corrected chi connectivity index (χ1v) is 5.80. The summed E-state index contributed by atoms with van der Waals surface area (Å²) in [5.74, 6) is -2.66. The van der Waals surface area contributed by atoms with Gasteiger partial charge in [-0.25, -0.2) is 5.06 Å². The maximum Gasteiger partial charge on any atom is 0.389 e. The molecule has 19 heavy (non-hydrogen) atoms. The van der Waals surface area contributed by atoms with Crippen molar-refractivity contribution in [1.82, 2.24) is 5.06 Å². The van der Waals surface area contributed by atoms with Crippen molar-refractivity contribution in [3.05, 3.63) is 0 Å². The van der Waals surface area contributed by atoms with Gasteiger partial charge in [0.15, 0.2) is 0 Å². The zero-order valence-electron chi connectivity index (χ0n) is 10.7. The number of nitrogens with zero attached hydrogens (tertiary/aromatic N) is 1. The fourth-order valence-electron chi connectivity index (χ4n) is 1.84. The Bertz CT molecular complexity index is 307. The van der Waals surface area contributed by atoms with Gasteiger partial charge in [0.1, 0.15) is 0 Å². The van der Waals surface area contributed by atoms with Crippen LogP contribution < -0.4 is 0 Å². The second-order valence-corrected chi connectivity index (χ2v) is 4.78. The van der Waals surface area contributed by atoms with Crippen molar-refractivity contribution in [2.75, 3.05) is 0 Å². The molecule has 0 heterocycles. The van der Waals surface area contributed by atoms with Crippen molar-refractivity contribution >= 4 is 12.4 Å². The van der Waals surface area contributed by atoms with Gasteiger partial charge in [0.05, 0.1) is 12.0 Å². The SMILES string of the molecule is CC(C)C[C@H](C(=O)O)C(CCC(F)(F)F)N(O)C=O. The number of hydrogen-bond donors (Lipinski definition) is 2. The van der Waals surface area contributed by atoms with E-state index < -0.39 is 36.9 Å². The Morgan fingerprint density at radius 1 is 1.37 bits per heavy atom. The normalized spacial score (nSPS) is 15.1. The summed E-state index contributed by atoms with van der Waals surface area (Å²) in [6, 6.07) is -1.39. The molecule has 0 saturated heterocycles. The minimum Gasteiger partial charge on any atom is -0.481 e. The predicted molar refractivity (Wildman–Crippen MR) is 59.3 cm³/mol. The zero-order valence-corrected chi connectivity index (χ0v) is 10.7. The first-order valence-electron chi connectivity index (χ1n) is 5.80. The van der Waals surface area contributed by atoms with Crippen molar-refractivity contribution in [3.63, 3.8) is 0 Å². The van der Waals surface area contributed by atoms with Gasteiger partial charge in [0, 0.05) is 6.42 Å². The van der Waals surface area contributed by atoms with E-state index in [0.29, 0.717) is 0 Å². The van der Waals surface area contributed by atoms with E-state index in [1.807, 2.05) is 0 Å². The number of hydroxylamine groups is 2. The molecule has 1 amide bonds. The maximum atomic E-state index is 12.2. The highest BCUT2D eigenvalue weighted by molar-refractivity contribution is 5.71. The summed E-state index contributed by atoms with van der Waals surface area (Å²) in [5, 5.41) is 18.3. The van der Waals surface area contributed by atoms with Crippen LogP contribution in [-0.2, 0) is 9.59 Å². The van der Waals surface area contributed by atoms with Gasteiger partial charge >= 0.3 is 12.1 Å². The highest BCUT2D eigenvalue weighted by Gasteiger charge is 2.36. The molecule has 0 aromatic rings. The molecule has 0 bridgehead atoms. The van der Waals surface area contributed by atoms with Gasteiger partial charge in [-0.3, -0.25) is 14.8 Å². The zero-order chi connectivity index (χ0) is 15.2. The Morgan fingerprint density at radius 3 is 2.21 bits per heavy atom. The number of hydrogen-bond acceptors (Lipinski definition) is 3. The van der Waals surface area contributed by atoms with Crippen molar-refractivity contribution in [2.45, 2.75) is 45.3 Å². The molecule has 5 nitrogen and oxygen atoms in total. The number of alkyl halides is 3. The van der Waals surface area contributed by atoms with Crippen molar-refractivity contribution < 1.29 is 33.1 Å². The Kier molecular flexibility index (Phi) is 6.82. The van der Waals surface area contributed by atoms with Crippen LogP contribution in [0, 0.1) is 11.8 Å². The van der Waals surface area contributed by atoms with Gasteiger partial charge in [0.25, 0.3) is 0 Å². The summed E-state index contributed by atoms with van der Waals surface area (Å²) in [5.41, 5.74) is 0. The number of carbonyl (C=O) groups excluding carboxylic acids is 1. The molecular formula is C11H18F3NO4. The molecular weight excluding hydrogens is 267 g/mol. The summed E-state index contributed by atoms with van der Waals surface area (Å²) in [6.07, 6.45) is -6.38. The summed E-state index contributed by atoms with van der Waals surface area (Å²) >= 11 is 0. The molecule has 0 aromatic heterocycles. The molecule has 112 valence electrons. The predicted octanol–water partition coefficient (Wildman–Crippen LogP) is 2.29. The van der Waals surface area contributed by atoms with Crippen LogP contribution in [0.5, 0.6) is 0 Å². The molecule has 2 atom stereocenters. The lowest BCUT2D eigenvalue weighted by Gasteiger charge is -2.29. The molecule has 8 heteroatoms. The second-order valence-electron chi connectivity index (χ2n) is 4.78. The number of halogens is 3. The van der Waals surface area contributed by atoms with Crippen LogP contribution in [0.2, 0.25) is 0 Å². The lowest BCUT2D eigenvalue weighted by molar-refractivity contribution is -0.181. The number of carbonyl (C=O) groups is 2. The van der Waals surface area contributed by atoms with E-state index in [0.717, 1.165) is 0 Å². The number of carboxylic acids is 1. The van der Waals surface area contributed by atoms with Gasteiger partial charge in [0.2, 0.25) is 6.41 Å². The molecule has 0 fully saturated rings. The van der Waals surface area contributed by atoms with E-state index in [4.69, 9.17) is 5.11 Å². The third kappa shape index (κ3) is 7.00. The van der Waals surface area contributed by atoms with Crippen LogP contribution in [0.4, 0.5) is 13.2 Å². The topological polar surface area (TPSA) is 77.8 Å². The molecule has 2 N–H and O–H groups in total. The number of amides is 1. The van der Waals surface area contributed by atoms with Crippen molar-refractivity contribution in [1.29, 1.82) is 0 Å². The largest absolute Gasteiger partial charge is 0.481 e. The molecule has 1 unspecified atom stereocenters. The Morgan fingerprint density at radius 2 is 1.89 bits per heavy atom. The van der Waals surface area contributed by atoms with E-state index in [-0.39, 0.29) is 23.8 Å². The molecule has 0 aliphatic heterocycles. The molecule has 0 rings (SSSR count). The van der Waals surface area contributed by atoms with Gasteiger partial charge in [-0.1, -0.05) is 13.8 Å². The first-order chi connectivity index (χ1) is 8.58. The third-order valence-corrected chi connectivity index (χ3v) is 2.68. The maximum absolute atomic E-state index is 12.2. The lowest BCUT2D eigenvalue weighted by atomic mass is 9.87. The van der Waals surface area contributed by atoms with E-state index >= 15 is 0 Å². The summed E-state index contributed by atoms with van der Waals surface area (Å²) < 4.78 is 36.5. The smallest absolute Gasteiger partial charge is 0.389 e. The van der Waals surface area contributed by atoms with Crippen LogP contribution in [0.15, 0.2) is 0 Å². The van der Waals surface area contributed by atoms with Crippen LogP contribution in [-0.4, -0.2) is 40.0 Å². The molecule has 0 spiro atoms. The number of rotatable bonds is 8. The Hall–Kier alpha value is -1.31. The van der Waals surface area contributed by atoms with Crippen LogP contribution in [0.1, 0.15) is 33.1 Å². The molecule has 0 aliphatic carbocycles. The highest BCUT2D eigenvalue weighted by atomic mass is 19.4. The van der Waals surface area contributed by atoms with E-state index in [1.165, 1.54) is 0 Å². The van der Waals surface area contributed by atoms with Gasteiger partial charge in [-0.15, -0.1) is 0 Å². The van der Waals surface area contributed by atoms with E-state index in [1.54, 1.807) is 13.8 Å². The summed E-state index contributed by atoms with van der Waals surface area (Å²) in [6.45, 7) is 3.42. The molecule has 0 aromatic carbocycles. The average Bonchev–Trinajstić information content (AvgIpc) is 2.25. The number of carboxylic acid groups (broad SMARTS) is 1. The third-order valence-electron chi connectivity index (χ3n) is 2.68. The van der Waals surface area contributed by atoms with Gasteiger partial charge in [-0.2, -0.15) is 13.2 Å². The molecule has 0 aliphatic rings. The Balaban J connectivity index is 4.96. The van der Waals surface area contributed by atoms with Crippen LogP contribution in [0.3, 0.4) is 0 Å². The van der Waals surface area contributed by atoms with Gasteiger partial charge < -0.3 is 5.11 Å². The van der Waals surface area contributed by atoms with Gasteiger partial charge in [-0.05, 0) is 18.8 Å². The van der Waals surface area contributed by atoms with E-state index in [2.05, 4.69) is 0 Å².